The predicted molar refractivity (Wildman–Crippen MR) is 99.5 cm³/mol. The zero-order valence-corrected chi connectivity index (χ0v) is 15.5. The number of halogens is 2. The van der Waals surface area contributed by atoms with Crippen molar-refractivity contribution in [3.05, 3.63) is 30.0 Å². The summed E-state index contributed by atoms with van der Waals surface area (Å²) in [4.78, 5) is 14.4. The number of carbonyl (C=O) groups is 1. The Morgan fingerprint density at radius 1 is 1.35 bits per heavy atom. The van der Waals surface area contributed by atoms with Gasteiger partial charge < -0.3 is 15.4 Å². The van der Waals surface area contributed by atoms with Gasteiger partial charge in [-0.15, -0.1) is 24.8 Å². The fourth-order valence-electron chi connectivity index (χ4n) is 2.35. The van der Waals surface area contributed by atoms with Crippen LogP contribution in [0.5, 0.6) is 5.75 Å². The molecule has 130 valence electrons. The normalized spacial score (nSPS) is 11.7. The molecule has 0 saturated carbocycles. The summed E-state index contributed by atoms with van der Waals surface area (Å²) in [6.07, 6.45) is 2.77. The first kappa shape index (κ1) is 21.7. The number of hydrogen-bond acceptors (Lipinski definition) is 4. The Balaban J connectivity index is 0.00000242. The van der Waals surface area contributed by atoms with Crippen LogP contribution >= 0.6 is 24.8 Å². The third-order valence-corrected chi connectivity index (χ3v) is 3.55. The summed E-state index contributed by atoms with van der Waals surface area (Å²) in [6.45, 7) is 2.62. The van der Waals surface area contributed by atoms with Gasteiger partial charge in [0.05, 0.1) is 18.7 Å². The van der Waals surface area contributed by atoms with Gasteiger partial charge in [-0.25, -0.2) is 0 Å². The molecule has 0 spiro atoms. The molecule has 0 unspecified atom stereocenters. The molecule has 1 aromatic carbocycles. The van der Waals surface area contributed by atoms with Crippen LogP contribution in [-0.2, 0) is 6.42 Å². The van der Waals surface area contributed by atoms with Gasteiger partial charge in [-0.1, -0.05) is 0 Å². The monoisotopic (exact) mass is 361 g/mol. The van der Waals surface area contributed by atoms with Crippen LogP contribution in [0.3, 0.4) is 0 Å². The highest BCUT2D eigenvalue weighted by atomic mass is 35.5. The summed E-state index contributed by atoms with van der Waals surface area (Å²) in [7, 11) is 5.71. The number of likely N-dealkylation sites (N-methyl/N-ethyl adjacent to an activating group) is 1. The summed E-state index contributed by atoms with van der Waals surface area (Å²) in [5, 5.41) is 1.05. The number of fused-ring (bicyclic) bond motifs is 1. The SMILES string of the molecule is COc1ccc2c(c1)c(CCN(C)C)cn2C(=O)[C@H](C)N.Cl.Cl. The molecule has 2 aromatic rings. The van der Waals surface area contributed by atoms with E-state index in [9.17, 15) is 4.79 Å². The van der Waals surface area contributed by atoms with E-state index in [1.54, 1.807) is 18.6 Å². The van der Waals surface area contributed by atoms with E-state index >= 15 is 0 Å². The lowest BCUT2D eigenvalue weighted by Crippen LogP contribution is -2.31. The molecule has 2 N–H and O–H groups in total. The Morgan fingerprint density at radius 2 is 2.00 bits per heavy atom. The van der Waals surface area contributed by atoms with Crippen LogP contribution in [0, 0.1) is 0 Å². The minimum absolute atomic E-state index is 0. The average molecular weight is 362 g/mol. The number of carbonyl (C=O) groups excluding carboxylic acids is 1. The number of ether oxygens (including phenoxy) is 1. The van der Waals surface area contributed by atoms with Crippen molar-refractivity contribution in [1.82, 2.24) is 9.47 Å². The predicted octanol–water partition coefficient (Wildman–Crippen LogP) is 2.59. The van der Waals surface area contributed by atoms with E-state index in [0.29, 0.717) is 0 Å². The van der Waals surface area contributed by atoms with Crippen molar-refractivity contribution in [2.24, 2.45) is 5.73 Å². The summed E-state index contributed by atoms with van der Waals surface area (Å²) in [6, 6.07) is 5.23. The number of nitrogens with two attached hydrogens (primary N) is 1. The van der Waals surface area contributed by atoms with Gasteiger partial charge in [-0.3, -0.25) is 9.36 Å². The van der Waals surface area contributed by atoms with Gasteiger partial charge >= 0.3 is 0 Å². The van der Waals surface area contributed by atoms with Crippen LogP contribution < -0.4 is 10.5 Å². The molecule has 0 amide bonds. The Kier molecular flexibility index (Phi) is 8.63. The number of methoxy groups -OCH3 is 1. The second-order valence-electron chi connectivity index (χ2n) is 5.59. The standard InChI is InChI=1S/C16H23N3O2.2ClH/c1-11(17)16(20)19-10-12(7-8-18(2)3)14-9-13(21-4)5-6-15(14)19;;/h5-6,9-11H,7-8,17H2,1-4H3;2*1H/t11-;;/m0../s1. The lowest BCUT2D eigenvalue weighted by molar-refractivity contribution is 0.0892. The number of rotatable bonds is 5. The minimum Gasteiger partial charge on any atom is -0.497 e. The Bertz CT molecular complexity index is 654. The van der Waals surface area contributed by atoms with Crippen molar-refractivity contribution in [2.45, 2.75) is 19.4 Å². The fraction of sp³-hybridized carbons (Fsp3) is 0.438. The molecule has 1 atom stereocenters. The first-order valence-corrected chi connectivity index (χ1v) is 7.06. The van der Waals surface area contributed by atoms with Crippen LogP contribution in [-0.4, -0.2) is 49.2 Å². The van der Waals surface area contributed by atoms with E-state index in [2.05, 4.69) is 4.90 Å². The van der Waals surface area contributed by atoms with Gasteiger partial charge in [0.1, 0.15) is 5.75 Å². The number of hydrogen-bond donors (Lipinski definition) is 1. The Morgan fingerprint density at radius 3 is 2.52 bits per heavy atom. The van der Waals surface area contributed by atoms with Gasteiger partial charge in [0.2, 0.25) is 5.91 Å². The second-order valence-corrected chi connectivity index (χ2v) is 5.59. The molecule has 1 heterocycles. The fourth-order valence-corrected chi connectivity index (χ4v) is 2.35. The first-order chi connectivity index (χ1) is 9.93. The lowest BCUT2D eigenvalue weighted by atomic mass is 10.1. The van der Waals surface area contributed by atoms with Gasteiger partial charge in [-0.2, -0.15) is 0 Å². The van der Waals surface area contributed by atoms with Crippen LogP contribution in [0.2, 0.25) is 0 Å². The highest BCUT2D eigenvalue weighted by Crippen LogP contribution is 2.26. The van der Waals surface area contributed by atoms with Gasteiger partial charge in [0.25, 0.3) is 0 Å². The summed E-state index contributed by atoms with van der Waals surface area (Å²) < 4.78 is 6.95. The topological polar surface area (TPSA) is 60.5 Å². The van der Waals surface area contributed by atoms with E-state index in [1.165, 1.54) is 0 Å². The minimum atomic E-state index is -0.524. The Hall–Kier alpha value is -1.27. The lowest BCUT2D eigenvalue weighted by Gasteiger charge is -2.08. The smallest absolute Gasteiger partial charge is 0.247 e. The van der Waals surface area contributed by atoms with E-state index in [0.717, 1.165) is 35.2 Å². The van der Waals surface area contributed by atoms with Gasteiger partial charge in [0, 0.05) is 18.1 Å². The van der Waals surface area contributed by atoms with Crippen LogP contribution in [0.1, 0.15) is 17.3 Å². The third-order valence-electron chi connectivity index (χ3n) is 3.55. The zero-order chi connectivity index (χ0) is 15.6. The van der Waals surface area contributed by atoms with Crippen molar-refractivity contribution in [1.29, 1.82) is 0 Å². The summed E-state index contributed by atoms with van der Waals surface area (Å²) in [5.41, 5.74) is 7.76. The Labute approximate surface area is 149 Å². The van der Waals surface area contributed by atoms with Crippen molar-refractivity contribution < 1.29 is 9.53 Å². The van der Waals surface area contributed by atoms with Gasteiger partial charge in [-0.05, 0) is 51.2 Å². The largest absolute Gasteiger partial charge is 0.497 e. The van der Waals surface area contributed by atoms with Crippen molar-refractivity contribution >= 4 is 41.6 Å². The molecule has 5 nitrogen and oxygen atoms in total. The summed E-state index contributed by atoms with van der Waals surface area (Å²) in [5.74, 6) is 0.695. The second kappa shape index (κ2) is 9.13. The van der Waals surface area contributed by atoms with E-state index in [1.807, 2.05) is 38.5 Å². The molecular formula is C16H25Cl2N3O2. The zero-order valence-electron chi connectivity index (χ0n) is 13.9. The summed E-state index contributed by atoms with van der Waals surface area (Å²) >= 11 is 0. The van der Waals surface area contributed by atoms with Crippen molar-refractivity contribution in [3.8, 4) is 5.75 Å². The van der Waals surface area contributed by atoms with Crippen LogP contribution in [0.4, 0.5) is 0 Å². The molecule has 7 heteroatoms. The molecule has 0 aliphatic carbocycles. The number of nitrogens with zero attached hydrogens (tertiary/aromatic N) is 2. The van der Waals surface area contributed by atoms with Gasteiger partial charge in [0.15, 0.2) is 0 Å². The van der Waals surface area contributed by atoms with E-state index in [4.69, 9.17) is 10.5 Å². The first-order valence-electron chi connectivity index (χ1n) is 7.06. The molecule has 2 rings (SSSR count). The number of benzene rings is 1. The maximum absolute atomic E-state index is 12.3. The molecule has 0 aliphatic heterocycles. The third kappa shape index (κ3) is 4.85. The quantitative estimate of drug-likeness (QED) is 0.888. The highest BCUT2D eigenvalue weighted by molar-refractivity contribution is 5.97. The molecule has 0 fully saturated rings. The maximum atomic E-state index is 12.3. The molecule has 0 bridgehead atoms. The molecule has 1 aromatic heterocycles. The molecular weight excluding hydrogens is 337 g/mol. The molecule has 0 radical (unpaired) electrons. The molecule has 0 aliphatic rings. The van der Waals surface area contributed by atoms with E-state index < -0.39 is 6.04 Å². The van der Waals surface area contributed by atoms with Crippen LogP contribution in [0.25, 0.3) is 10.9 Å². The van der Waals surface area contributed by atoms with Crippen molar-refractivity contribution in [2.75, 3.05) is 27.7 Å². The van der Waals surface area contributed by atoms with Crippen molar-refractivity contribution in [3.63, 3.8) is 0 Å². The van der Waals surface area contributed by atoms with Crippen LogP contribution in [0.15, 0.2) is 24.4 Å². The van der Waals surface area contributed by atoms with E-state index in [-0.39, 0.29) is 30.7 Å². The highest BCUT2D eigenvalue weighted by Gasteiger charge is 2.17. The molecule has 0 saturated heterocycles. The number of aromatic nitrogens is 1. The maximum Gasteiger partial charge on any atom is 0.247 e. The average Bonchev–Trinajstić information content (AvgIpc) is 2.81. The molecule has 23 heavy (non-hydrogen) atoms.